The van der Waals surface area contributed by atoms with E-state index >= 15 is 0 Å². The minimum Gasteiger partial charge on any atom is -0.309 e. The second kappa shape index (κ2) is 5.00. The van der Waals surface area contributed by atoms with Crippen LogP contribution >= 0.6 is 23.2 Å². The van der Waals surface area contributed by atoms with E-state index in [0.717, 1.165) is 17.8 Å². The maximum absolute atomic E-state index is 5.98. The van der Waals surface area contributed by atoms with Crippen LogP contribution in [-0.4, -0.2) is 12.6 Å². The molecular weight excluding hydrogens is 265 g/mol. The molecule has 0 saturated heterocycles. The molecular formula is C15H23Cl2N. The molecule has 0 aromatic rings. The molecule has 4 bridgehead atoms. The first-order valence-corrected chi connectivity index (χ1v) is 8.11. The van der Waals surface area contributed by atoms with Gasteiger partial charge in [-0.15, -0.1) is 0 Å². The smallest absolute Gasteiger partial charge is 0.0432 e. The van der Waals surface area contributed by atoms with Crippen molar-refractivity contribution < 1.29 is 0 Å². The number of halogens is 2. The zero-order valence-electron chi connectivity index (χ0n) is 11.1. The van der Waals surface area contributed by atoms with Crippen LogP contribution < -0.4 is 5.32 Å². The maximum Gasteiger partial charge on any atom is 0.0432 e. The van der Waals surface area contributed by atoms with Crippen molar-refractivity contribution >= 4 is 23.2 Å². The summed E-state index contributed by atoms with van der Waals surface area (Å²) in [5, 5.41) is 4.32. The third-order valence-electron chi connectivity index (χ3n) is 5.70. The Labute approximate surface area is 120 Å². The average molecular weight is 288 g/mol. The Balaban J connectivity index is 1.67. The van der Waals surface area contributed by atoms with Gasteiger partial charge in [-0.25, -0.2) is 0 Å². The van der Waals surface area contributed by atoms with Gasteiger partial charge in [0.2, 0.25) is 0 Å². The van der Waals surface area contributed by atoms with Gasteiger partial charge in [0.25, 0.3) is 0 Å². The lowest BCUT2D eigenvalue weighted by atomic mass is 9.48. The van der Waals surface area contributed by atoms with Gasteiger partial charge >= 0.3 is 0 Å². The fourth-order valence-electron chi connectivity index (χ4n) is 5.21. The van der Waals surface area contributed by atoms with E-state index in [0.29, 0.717) is 23.0 Å². The van der Waals surface area contributed by atoms with Crippen LogP contribution in [0.3, 0.4) is 0 Å². The summed E-state index contributed by atoms with van der Waals surface area (Å²) in [5.41, 5.74) is 2.03. The minimum absolute atomic E-state index is 0.554. The number of rotatable bonds is 4. The first kappa shape index (κ1) is 13.3. The van der Waals surface area contributed by atoms with Gasteiger partial charge in [0.15, 0.2) is 0 Å². The third-order valence-corrected chi connectivity index (χ3v) is 6.32. The van der Waals surface area contributed by atoms with E-state index in [-0.39, 0.29) is 0 Å². The van der Waals surface area contributed by atoms with Crippen LogP contribution in [0, 0.1) is 23.2 Å². The molecule has 4 rings (SSSR count). The van der Waals surface area contributed by atoms with E-state index in [1.807, 2.05) is 0 Å². The molecule has 0 amide bonds. The number of hydrogen-bond donors (Lipinski definition) is 1. The molecule has 1 unspecified atom stereocenters. The fourth-order valence-corrected chi connectivity index (χ4v) is 5.37. The van der Waals surface area contributed by atoms with Gasteiger partial charge in [0.05, 0.1) is 0 Å². The highest BCUT2D eigenvalue weighted by Crippen LogP contribution is 2.61. The van der Waals surface area contributed by atoms with E-state index < -0.39 is 0 Å². The number of hydrogen-bond acceptors (Lipinski definition) is 1. The Morgan fingerprint density at radius 1 is 1.22 bits per heavy atom. The van der Waals surface area contributed by atoms with Crippen molar-refractivity contribution in [2.45, 2.75) is 51.5 Å². The van der Waals surface area contributed by atoms with Crippen LogP contribution in [-0.2, 0) is 0 Å². The highest BCUT2D eigenvalue weighted by Gasteiger charge is 2.52. The molecule has 1 nitrogen and oxygen atoms in total. The highest BCUT2D eigenvalue weighted by molar-refractivity contribution is 6.36. The van der Waals surface area contributed by atoms with Gasteiger partial charge in [-0.3, -0.25) is 0 Å². The molecule has 18 heavy (non-hydrogen) atoms. The van der Waals surface area contributed by atoms with Crippen LogP contribution in [0.2, 0.25) is 0 Å². The van der Waals surface area contributed by atoms with E-state index in [2.05, 4.69) is 12.2 Å². The Morgan fingerprint density at radius 3 is 2.17 bits per heavy atom. The zero-order valence-corrected chi connectivity index (χ0v) is 12.6. The van der Waals surface area contributed by atoms with Crippen LogP contribution in [0.5, 0.6) is 0 Å². The van der Waals surface area contributed by atoms with Crippen LogP contribution in [0.15, 0.2) is 10.6 Å². The van der Waals surface area contributed by atoms with Gasteiger partial charge in [-0.2, -0.15) is 0 Å². The van der Waals surface area contributed by atoms with Gasteiger partial charge in [-0.05, 0) is 68.6 Å². The average Bonchev–Trinajstić information content (AvgIpc) is 2.33. The normalized spacial score (nSPS) is 44.4. The lowest BCUT2D eigenvalue weighted by Gasteiger charge is -2.59. The molecule has 1 atom stereocenters. The first-order chi connectivity index (χ1) is 8.61. The molecule has 4 aliphatic carbocycles. The minimum atomic E-state index is 0.554. The molecule has 102 valence electrons. The molecule has 0 radical (unpaired) electrons. The molecule has 0 heterocycles. The predicted octanol–water partition coefficient (Wildman–Crippen LogP) is 4.50. The number of nitrogens with one attached hydrogen (secondary N) is 1. The first-order valence-electron chi connectivity index (χ1n) is 7.29. The molecule has 0 spiro atoms. The summed E-state index contributed by atoms with van der Waals surface area (Å²) in [6.07, 6.45) is 8.84. The Hall–Kier alpha value is 0.280. The van der Waals surface area contributed by atoms with E-state index in [1.165, 1.54) is 44.1 Å². The third kappa shape index (κ3) is 2.34. The van der Waals surface area contributed by atoms with Crippen molar-refractivity contribution in [2.24, 2.45) is 23.2 Å². The Bertz CT molecular complexity index is 315. The van der Waals surface area contributed by atoms with Gasteiger partial charge < -0.3 is 5.32 Å². The van der Waals surface area contributed by atoms with Crippen molar-refractivity contribution in [3.05, 3.63) is 10.6 Å². The van der Waals surface area contributed by atoms with Crippen molar-refractivity contribution in [3.8, 4) is 0 Å². The molecule has 0 aliphatic heterocycles. The Kier molecular flexibility index (Phi) is 3.68. The summed E-state index contributed by atoms with van der Waals surface area (Å²) in [5.74, 6) is 3.04. The van der Waals surface area contributed by atoms with Gasteiger partial charge in [0.1, 0.15) is 0 Å². The van der Waals surface area contributed by atoms with Crippen LogP contribution in [0.4, 0.5) is 0 Å². The zero-order chi connectivity index (χ0) is 12.8. The molecule has 4 fully saturated rings. The van der Waals surface area contributed by atoms with Gasteiger partial charge in [-0.1, -0.05) is 23.2 Å². The molecule has 1 N–H and O–H groups in total. The maximum atomic E-state index is 5.98. The van der Waals surface area contributed by atoms with Crippen LogP contribution in [0.25, 0.3) is 0 Å². The lowest BCUT2D eigenvalue weighted by Crippen LogP contribution is -2.55. The molecule has 0 aromatic heterocycles. The SMILES string of the molecule is CC(NCC(Cl)=CCl)C12CC3CC(CC(C3)C1)C2. The quantitative estimate of drug-likeness (QED) is 0.803. The summed E-state index contributed by atoms with van der Waals surface area (Å²) in [4.78, 5) is 0. The topological polar surface area (TPSA) is 12.0 Å². The lowest BCUT2D eigenvalue weighted by molar-refractivity contribution is -0.0698. The van der Waals surface area contributed by atoms with Gasteiger partial charge in [0, 0.05) is 23.2 Å². The van der Waals surface area contributed by atoms with E-state index in [1.54, 1.807) is 0 Å². The highest BCUT2D eigenvalue weighted by atomic mass is 35.5. The van der Waals surface area contributed by atoms with Crippen molar-refractivity contribution in [1.82, 2.24) is 5.32 Å². The fraction of sp³-hybridized carbons (Fsp3) is 0.867. The summed E-state index contributed by atoms with van der Waals surface area (Å²) >= 11 is 11.6. The Morgan fingerprint density at radius 2 is 1.72 bits per heavy atom. The molecule has 0 aromatic carbocycles. The van der Waals surface area contributed by atoms with E-state index in [4.69, 9.17) is 23.2 Å². The summed E-state index contributed by atoms with van der Waals surface area (Å²) < 4.78 is 0. The second-order valence-corrected chi connectivity index (χ2v) is 7.64. The molecule has 4 saturated carbocycles. The summed E-state index contributed by atoms with van der Waals surface area (Å²) in [6.45, 7) is 3.07. The molecule has 4 aliphatic rings. The van der Waals surface area contributed by atoms with Crippen LogP contribution in [0.1, 0.15) is 45.4 Å². The summed E-state index contributed by atoms with van der Waals surface area (Å²) in [6, 6.07) is 0.566. The largest absolute Gasteiger partial charge is 0.309 e. The van der Waals surface area contributed by atoms with Crippen molar-refractivity contribution in [2.75, 3.05) is 6.54 Å². The van der Waals surface area contributed by atoms with E-state index in [9.17, 15) is 0 Å². The van der Waals surface area contributed by atoms with Crippen molar-refractivity contribution in [1.29, 1.82) is 0 Å². The predicted molar refractivity (Wildman–Crippen MR) is 77.9 cm³/mol. The monoisotopic (exact) mass is 287 g/mol. The molecule has 3 heteroatoms. The van der Waals surface area contributed by atoms with Crippen molar-refractivity contribution in [3.63, 3.8) is 0 Å². The summed E-state index contributed by atoms with van der Waals surface area (Å²) in [7, 11) is 0. The standard InChI is InChI=1S/C15H23Cl2N/c1-10(18-9-14(17)8-16)15-5-11-2-12(6-15)4-13(3-11)7-15/h8,10-13,18H,2-7,9H2,1H3. The second-order valence-electron chi connectivity index (χ2n) is 6.94.